The van der Waals surface area contributed by atoms with Crippen molar-refractivity contribution in [2.24, 2.45) is 0 Å². The molecule has 0 spiro atoms. The molecule has 3 aromatic rings. The monoisotopic (exact) mass is 450 g/mol. The van der Waals surface area contributed by atoms with Crippen LogP contribution in [0.1, 0.15) is 21.5 Å². The minimum absolute atomic E-state index is 0.0133. The van der Waals surface area contributed by atoms with Crippen LogP contribution in [-0.4, -0.2) is 33.4 Å². The van der Waals surface area contributed by atoms with Gasteiger partial charge in [-0.1, -0.05) is 35.9 Å². The van der Waals surface area contributed by atoms with Crippen molar-refractivity contribution in [3.63, 3.8) is 0 Å². The molecule has 164 valence electrons. The highest BCUT2D eigenvalue weighted by Crippen LogP contribution is 2.27. The number of carbonyl (C=O) groups excluding carboxylic acids is 2. The van der Waals surface area contributed by atoms with E-state index in [4.69, 9.17) is 4.74 Å². The summed E-state index contributed by atoms with van der Waals surface area (Å²) in [7, 11) is -3.80. The molecule has 1 heterocycles. The van der Waals surface area contributed by atoms with E-state index < -0.39 is 16.0 Å². The maximum absolute atomic E-state index is 12.6. The summed E-state index contributed by atoms with van der Waals surface area (Å²) < 4.78 is 32.8. The Bertz CT molecular complexity index is 1250. The minimum Gasteiger partial charge on any atom is -0.452 e. The van der Waals surface area contributed by atoms with E-state index in [9.17, 15) is 18.0 Å². The molecule has 1 N–H and O–H groups in total. The van der Waals surface area contributed by atoms with Crippen molar-refractivity contribution in [3.05, 3.63) is 89.5 Å². The summed E-state index contributed by atoms with van der Waals surface area (Å²) in [6.45, 7) is 2.08. The molecule has 0 aromatic heterocycles. The van der Waals surface area contributed by atoms with Crippen LogP contribution in [0.25, 0.3) is 0 Å². The van der Waals surface area contributed by atoms with Crippen molar-refractivity contribution in [1.29, 1.82) is 0 Å². The molecule has 0 atom stereocenters. The highest BCUT2D eigenvalue weighted by atomic mass is 32.2. The highest BCUT2D eigenvalue weighted by molar-refractivity contribution is 7.92. The molecule has 0 saturated carbocycles. The van der Waals surface area contributed by atoms with Gasteiger partial charge in [-0.15, -0.1) is 0 Å². The highest BCUT2D eigenvalue weighted by Gasteiger charge is 2.25. The first kappa shape index (κ1) is 21.6. The summed E-state index contributed by atoms with van der Waals surface area (Å²) in [5, 5.41) is 0. The van der Waals surface area contributed by atoms with Gasteiger partial charge < -0.3 is 9.64 Å². The Hall–Kier alpha value is -3.65. The average Bonchev–Trinajstić information content (AvgIpc) is 3.23. The summed E-state index contributed by atoms with van der Waals surface area (Å²) in [5.74, 6) is -0.994. The SMILES string of the molecule is Cc1ccc(NS(=O)(=O)c2ccc(C(=O)OCC(=O)N3CCc4ccccc43)cc2)cc1. The second kappa shape index (κ2) is 8.84. The van der Waals surface area contributed by atoms with Gasteiger partial charge in [-0.3, -0.25) is 9.52 Å². The summed E-state index contributed by atoms with van der Waals surface area (Å²) in [5.41, 5.74) is 3.55. The molecule has 3 aromatic carbocycles. The summed E-state index contributed by atoms with van der Waals surface area (Å²) >= 11 is 0. The zero-order valence-corrected chi connectivity index (χ0v) is 18.3. The lowest BCUT2D eigenvalue weighted by atomic mass is 10.2. The summed E-state index contributed by atoms with van der Waals surface area (Å²) in [6, 6.07) is 20.0. The van der Waals surface area contributed by atoms with E-state index in [-0.39, 0.29) is 23.0 Å². The second-order valence-corrected chi connectivity index (χ2v) is 9.18. The predicted molar refractivity (Wildman–Crippen MR) is 121 cm³/mol. The summed E-state index contributed by atoms with van der Waals surface area (Å²) in [4.78, 5) is 26.4. The lowest BCUT2D eigenvalue weighted by molar-refractivity contribution is -0.121. The molecule has 0 bridgehead atoms. The molecule has 1 aliphatic rings. The van der Waals surface area contributed by atoms with Crippen LogP contribution in [0, 0.1) is 6.92 Å². The number of ether oxygens (including phenoxy) is 1. The zero-order valence-electron chi connectivity index (χ0n) is 17.4. The molecule has 1 aliphatic heterocycles. The topological polar surface area (TPSA) is 92.8 Å². The van der Waals surface area contributed by atoms with E-state index >= 15 is 0 Å². The van der Waals surface area contributed by atoms with Gasteiger partial charge in [0.15, 0.2) is 6.61 Å². The first-order chi connectivity index (χ1) is 15.3. The molecular weight excluding hydrogens is 428 g/mol. The van der Waals surface area contributed by atoms with Crippen molar-refractivity contribution in [1.82, 2.24) is 0 Å². The van der Waals surface area contributed by atoms with Crippen molar-refractivity contribution in [3.8, 4) is 0 Å². The number of amides is 1. The van der Waals surface area contributed by atoms with E-state index in [1.54, 1.807) is 29.2 Å². The van der Waals surface area contributed by atoms with Crippen molar-refractivity contribution >= 4 is 33.3 Å². The van der Waals surface area contributed by atoms with Crippen LogP contribution in [0.2, 0.25) is 0 Å². The van der Waals surface area contributed by atoms with E-state index in [1.807, 2.05) is 31.2 Å². The van der Waals surface area contributed by atoms with E-state index in [0.717, 1.165) is 23.2 Å². The third-order valence-electron chi connectivity index (χ3n) is 5.22. The largest absolute Gasteiger partial charge is 0.452 e. The van der Waals surface area contributed by atoms with Crippen LogP contribution >= 0.6 is 0 Å². The van der Waals surface area contributed by atoms with Crippen LogP contribution < -0.4 is 9.62 Å². The molecule has 8 heteroatoms. The van der Waals surface area contributed by atoms with Gasteiger partial charge in [0, 0.05) is 17.9 Å². The van der Waals surface area contributed by atoms with Crippen LogP contribution in [0.3, 0.4) is 0 Å². The Balaban J connectivity index is 1.37. The number of aryl methyl sites for hydroxylation is 1. The number of fused-ring (bicyclic) bond motifs is 1. The van der Waals surface area contributed by atoms with Crippen molar-refractivity contribution in [2.45, 2.75) is 18.2 Å². The quantitative estimate of drug-likeness (QED) is 0.580. The molecule has 0 aliphatic carbocycles. The number of anilines is 2. The van der Waals surface area contributed by atoms with Gasteiger partial charge in [0.25, 0.3) is 15.9 Å². The van der Waals surface area contributed by atoms with E-state index in [0.29, 0.717) is 12.2 Å². The molecule has 4 rings (SSSR count). The number of benzene rings is 3. The Morgan fingerprint density at radius 3 is 2.38 bits per heavy atom. The molecule has 7 nitrogen and oxygen atoms in total. The Morgan fingerprint density at radius 2 is 1.66 bits per heavy atom. The molecule has 0 fully saturated rings. The van der Waals surface area contributed by atoms with Crippen molar-refractivity contribution in [2.75, 3.05) is 22.8 Å². The first-order valence-corrected chi connectivity index (χ1v) is 11.6. The average molecular weight is 451 g/mol. The van der Waals surface area contributed by atoms with Gasteiger partial charge >= 0.3 is 5.97 Å². The number of esters is 1. The number of rotatable bonds is 6. The molecule has 0 saturated heterocycles. The standard InChI is InChI=1S/C24H22N2O5S/c1-17-6-10-20(11-7-17)25-32(29,30)21-12-8-19(9-13-21)24(28)31-16-23(27)26-15-14-18-4-2-3-5-22(18)26/h2-13,25H,14-16H2,1H3. The second-order valence-electron chi connectivity index (χ2n) is 7.50. The Morgan fingerprint density at radius 1 is 0.969 bits per heavy atom. The van der Waals surface area contributed by atoms with Crippen LogP contribution in [-0.2, 0) is 26.0 Å². The maximum Gasteiger partial charge on any atom is 0.338 e. The fourth-order valence-corrected chi connectivity index (χ4v) is 4.55. The summed E-state index contributed by atoms with van der Waals surface area (Å²) in [6.07, 6.45) is 0.766. The number of hydrogen-bond acceptors (Lipinski definition) is 5. The van der Waals surface area contributed by atoms with Gasteiger partial charge in [0.1, 0.15) is 0 Å². The third kappa shape index (κ3) is 4.65. The van der Waals surface area contributed by atoms with Gasteiger partial charge in [0.05, 0.1) is 10.5 Å². The van der Waals surface area contributed by atoms with Crippen LogP contribution in [0.5, 0.6) is 0 Å². The number of carbonyl (C=O) groups is 2. The number of para-hydroxylation sites is 1. The van der Waals surface area contributed by atoms with E-state index in [1.165, 1.54) is 24.3 Å². The molecule has 32 heavy (non-hydrogen) atoms. The van der Waals surface area contributed by atoms with Gasteiger partial charge in [-0.25, -0.2) is 13.2 Å². The lowest BCUT2D eigenvalue weighted by Crippen LogP contribution is -2.33. The first-order valence-electron chi connectivity index (χ1n) is 10.1. The zero-order chi connectivity index (χ0) is 22.7. The molecule has 0 radical (unpaired) electrons. The third-order valence-corrected chi connectivity index (χ3v) is 6.62. The number of hydrogen-bond donors (Lipinski definition) is 1. The van der Waals surface area contributed by atoms with E-state index in [2.05, 4.69) is 4.72 Å². The fourth-order valence-electron chi connectivity index (χ4n) is 3.49. The van der Waals surface area contributed by atoms with Gasteiger partial charge in [0.2, 0.25) is 0 Å². The lowest BCUT2D eigenvalue weighted by Gasteiger charge is -2.17. The van der Waals surface area contributed by atoms with Gasteiger partial charge in [-0.2, -0.15) is 0 Å². The number of sulfonamides is 1. The number of nitrogens with zero attached hydrogens (tertiary/aromatic N) is 1. The Kier molecular flexibility index (Phi) is 5.96. The normalized spacial score (nSPS) is 12.8. The molecule has 1 amide bonds. The number of nitrogens with one attached hydrogen (secondary N) is 1. The smallest absolute Gasteiger partial charge is 0.338 e. The Labute approximate surface area is 186 Å². The molecule has 0 unspecified atom stereocenters. The maximum atomic E-state index is 12.6. The van der Waals surface area contributed by atoms with Gasteiger partial charge in [-0.05, 0) is 61.4 Å². The minimum atomic E-state index is -3.80. The fraction of sp³-hybridized carbons (Fsp3) is 0.167. The van der Waals surface area contributed by atoms with Crippen LogP contribution in [0.4, 0.5) is 11.4 Å². The van der Waals surface area contributed by atoms with Crippen LogP contribution in [0.15, 0.2) is 77.7 Å². The predicted octanol–water partition coefficient (Wildman–Crippen LogP) is 3.54. The molecular formula is C24H22N2O5S. The van der Waals surface area contributed by atoms with Crippen molar-refractivity contribution < 1.29 is 22.7 Å².